The molecule has 2 N–H and O–H groups in total. The molecule has 0 saturated heterocycles. The van der Waals surface area contributed by atoms with Crippen LogP contribution in [-0.2, 0) is 17.1 Å². The molecule has 33 heavy (non-hydrogen) atoms. The fourth-order valence-corrected chi connectivity index (χ4v) is 4.89. The van der Waals surface area contributed by atoms with Crippen LogP contribution in [0.4, 0.5) is 28.8 Å². The van der Waals surface area contributed by atoms with Gasteiger partial charge in [0.1, 0.15) is 23.9 Å². The molecule has 0 bridgehead atoms. The van der Waals surface area contributed by atoms with E-state index in [4.69, 9.17) is 4.74 Å². The van der Waals surface area contributed by atoms with Gasteiger partial charge in [-0.25, -0.2) is 13.4 Å². The Bertz CT molecular complexity index is 1470. The lowest BCUT2D eigenvalue weighted by Crippen LogP contribution is -2.37. The maximum atomic E-state index is 12.4. The summed E-state index contributed by atoms with van der Waals surface area (Å²) in [6, 6.07) is 11.2. The van der Waals surface area contributed by atoms with E-state index in [1.54, 1.807) is 35.3 Å². The quantitative estimate of drug-likeness (QED) is 0.401. The Morgan fingerprint density at radius 1 is 1.15 bits per heavy atom. The average Bonchev–Trinajstić information content (AvgIpc) is 3.15. The van der Waals surface area contributed by atoms with Crippen molar-refractivity contribution in [2.75, 3.05) is 34.3 Å². The topological polar surface area (TPSA) is 114 Å². The molecule has 0 aliphatic carbocycles. The second-order valence-corrected chi connectivity index (χ2v) is 10.3. The minimum atomic E-state index is -3.48. The largest absolute Gasteiger partial charge is 0.489 e. The predicted octanol–water partition coefficient (Wildman–Crippen LogP) is 3.77. The Morgan fingerprint density at radius 2 is 2.00 bits per heavy atom. The fourth-order valence-electron chi connectivity index (χ4n) is 3.67. The minimum absolute atomic E-state index is 0.235. The summed E-state index contributed by atoms with van der Waals surface area (Å²) in [6.45, 7) is 0.522. The standard InChI is InChI=1S/C21H20BrN7O3S/c1-28-17-10-14(7-6-13(17)11-24-28)25-21-23-12-15(22)20(27-21)26-16-4-3-5-18-19(16)29(8-9-32-18)33(2,30)31/h3-7,10-12H,8-9H2,1-2H3,(H2,23,25,26,27). The number of benzene rings is 2. The van der Waals surface area contributed by atoms with Gasteiger partial charge in [-0.2, -0.15) is 10.1 Å². The molecular formula is C21H20BrN7O3S. The third-order valence-corrected chi connectivity index (χ3v) is 6.95. The first-order chi connectivity index (χ1) is 15.8. The van der Waals surface area contributed by atoms with Gasteiger partial charge < -0.3 is 15.4 Å². The molecular weight excluding hydrogens is 510 g/mol. The molecule has 0 fully saturated rings. The summed E-state index contributed by atoms with van der Waals surface area (Å²) >= 11 is 3.47. The maximum Gasteiger partial charge on any atom is 0.232 e. The first-order valence-corrected chi connectivity index (χ1v) is 12.7. The van der Waals surface area contributed by atoms with E-state index in [9.17, 15) is 8.42 Å². The van der Waals surface area contributed by atoms with Gasteiger partial charge in [0.05, 0.1) is 34.7 Å². The van der Waals surface area contributed by atoms with Gasteiger partial charge in [0, 0.05) is 24.3 Å². The van der Waals surface area contributed by atoms with Crippen molar-refractivity contribution in [2.24, 2.45) is 7.05 Å². The highest BCUT2D eigenvalue weighted by Crippen LogP contribution is 2.41. The Kier molecular flexibility index (Phi) is 5.33. The second-order valence-electron chi connectivity index (χ2n) is 7.52. The van der Waals surface area contributed by atoms with Crippen molar-refractivity contribution in [1.82, 2.24) is 19.7 Å². The van der Waals surface area contributed by atoms with E-state index in [2.05, 4.69) is 41.6 Å². The Labute approximate surface area is 198 Å². The van der Waals surface area contributed by atoms with Crippen molar-refractivity contribution in [3.05, 3.63) is 53.3 Å². The van der Waals surface area contributed by atoms with Crippen molar-refractivity contribution < 1.29 is 13.2 Å². The molecule has 4 aromatic rings. The summed E-state index contributed by atoms with van der Waals surface area (Å²) in [5.41, 5.74) is 2.80. The molecule has 0 saturated carbocycles. The molecule has 0 unspecified atom stereocenters. The highest BCUT2D eigenvalue weighted by molar-refractivity contribution is 9.10. The van der Waals surface area contributed by atoms with Gasteiger partial charge in [-0.1, -0.05) is 6.07 Å². The highest BCUT2D eigenvalue weighted by atomic mass is 79.9. The molecule has 2 aromatic heterocycles. The number of sulfonamides is 1. The molecule has 12 heteroatoms. The van der Waals surface area contributed by atoms with E-state index < -0.39 is 10.0 Å². The SMILES string of the molecule is Cn1ncc2ccc(Nc3ncc(Br)c(Nc4cccc5c4N(S(C)(=O)=O)CCO5)n3)cc21. The lowest BCUT2D eigenvalue weighted by molar-refractivity contribution is 0.316. The number of anilines is 5. The van der Waals surface area contributed by atoms with E-state index in [0.717, 1.165) is 16.6 Å². The van der Waals surface area contributed by atoms with Crippen LogP contribution in [0.2, 0.25) is 0 Å². The van der Waals surface area contributed by atoms with Gasteiger partial charge in [0.25, 0.3) is 0 Å². The summed E-state index contributed by atoms with van der Waals surface area (Å²) in [5.74, 6) is 1.34. The number of fused-ring (bicyclic) bond motifs is 2. The van der Waals surface area contributed by atoms with Crippen molar-refractivity contribution in [3.63, 3.8) is 0 Å². The normalized spacial score (nSPS) is 13.5. The summed E-state index contributed by atoms with van der Waals surface area (Å²) in [6.07, 6.45) is 4.61. The number of nitrogens with zero attached hydrogens (tertiary/aromatic N) is 5. The van der Waals surface area contributed by atoms with Crippen molar-refractivity contribution >= 4 is 65.7 Å². The van der Waals surface area contributed by atoms with Gasteiger partial charge >= 0.3 is 0 Å². The zero-order valence-electron chi connectivity index (χ0n) is 17.8. The summed E-state index contributed by atoms with van der Waals surface area (Å²) in [7, 11) is -1.60. The number of para-hydroxylation sites is 1. The van der Waals surface area contributed by atoms with Crippen molar-refractivity contribution in [1.29, 1.82) is 0 Å². The zero-order valence-corrected chi connectivity index (χ0v) is 20.2. The Hall–Kier alpha value is -3.38. The van der Waals surface area contributed by atoms with Crippen LogP contribution in [0.5, 0.6) is 5.75 Å². The smallest absolute Gasteiger partial charge is 0.232 e. The lowest BCUT2D eigenvalue weighted by Gasteiger charge is -2.31. The van der Waals surface area contributed by atoms with Crippen LogP contribution >= 0.6 is 15.9 Å². The van der Waals surface area contributed by atoms with Crippen LogP contribution in [-0.4, -0.2) is 47.6 Å². The summed E-state index contributed by atoms with van der Waals surface area (Å²) in [5, 5.41) is 11.7. The Balaban J connectivity index is 1.48. The molecule has 1 aliphatic rings. The minimum Gasteiger partial charge on any atom is -0.489 e. The number of ether oxygens (including phenoxy) is 1. The molecule has 2 aromatic carbocycles. The zero-order chi connectivity index (χ0) is 23.2. The van der Waals surface area contributed by atoms with E-state index >= 15 is 0 Å². The number of rotatable bonds is 5. The summed E-state index contributed by atoms with van der Waals surface area (Å²) < 4.78 is 34.2. The second kappa shape index (κ2) is 8.19. The van der Waals surface area contributed by atoms with Gasteiger partial charge in [-0.15, -0.1) is 0 Å². The number of hydrogen-bond donors (Lipinski definition) is 2. The first kappa shape index (κ1) is 21.5. The van der Waals surface area contributed by atoms with E-state index in [-0.39, 0.29) is 13.2 Å². The molecule has 170 valence electrons. The van der Waals surface area contributed by atoms with E-state index in [1.165, 1.54) is 10.6 Å². The third-order valence-electron chi connectivity index (χ3n) is 5.20. The lowest BCUT2D eigenvalue weighted by atomic mass is 10.2. The van der Waals surface area contributed by atoms with Gasteiger partial charge in [0.2, 0.25) is 16.0 Å². The van der Waals surface area contributed by atoms with Gasteiger partial charge in [-0.3, -0.25) is 8.99 Å². The fraction of sp³-hybridized carbons (Fsp3) is 0.190. The molecule has 10 nitrogen and oxygen atoms in total. The predicted molar refractivity (Wildman–Crippen MR) is 131 cm³/mol. The summed E-state index contributed by atoms with van der Waals surface area (Å²) in [4.78, 5) is 8.92. The van der Waals surface area contributed by atoms with Crippen LogP contribution in [0, 0.1) is 0 Å². The molecule has 0 spiro atoms. The van der Waals surface area contributed by atoms with Crippen molar-refractivity contribution in [3.8, 4) is 5.75 Å². The van der Waals surface area contributed by atoms with Crippen molar-refractivity contribution in [2.45, 2.75) is 0 Å². The van der Waals surface area contributed by atoms with Gasteiger partial charge in [-0.05, 0) is 46.3 Å². The molecule has 0 radical (unpaired) electrons. The van der Waals surface area contributed by atoms with Crippen LogP contribution in [0.15, 0.2) is 53.3 Å². The molecule has 3 heterocycles. The number of hydrogen-bond acceptors (Lipinski definition) is 8. The first-order valence-electron chi connectivity index (χ1n) is 10.0. The number of aryl methyl sites for hydroxylation is 1. The van der Waals surface area contributed by atoms with E-state index in [0.29, 0.717) is 33.4 Å². The van der Waals surface area contributed by atoms with Gasteiger partial charge in [0.15, 0.2) is 0 Å². The van der Waals surface area contributed by atoms with Crippen LogP contribution < -0.4 is 19.7 Å². The maximum absolute atomic E-state index is 12.4. The van der Waals surface area contributed by atoms with E-state index in [1.807, 2.05) is 25.2 Å². The molecule has 0 amide bonds. The number of nitrogens with one attached hydrogen (secondary N) is 2. The monoisotopic (exact) mass is 529 g/mol. The number of halogens is 1. The Morgan fingerprint density at radius 3 is 2.82 bits per heavy atom. The van der Waals surface area contributed by atoms with Crippen LogP contribution in [0.1, 0.15) is 0 Å². The third kappa shape index (κ3) is 4.18. The average molecular weight is 530 g/mol. The number of aromatic nitrogens is 4. The molecule has 0 atom stereocenters. The molecule has 1 aliphatic heterocycles. The highest BCUT2D eigenvalue weighted by Gasteiger charge is 2.28. The molecule has 5 rings (SSSR count). The van der Waals surface area contributed by atoms with Crippen LogP contribution in [0.25, 0.3) is 10.9 Å². The van der Waals surface area contributed by atoms with Crippen LogP contribution in [0.3, 0.4) is 0 Å².